The van der Waals surface area contributed by atoms with Crippen LogP contribution in [0.25, 0.3) is 0 Å². The molecule has 5 heteroatoms. The quantitative estimate of drug-likeness (QED) is 0.277. The molecule has 0 saturated heterocycles. The van der Waals surface area contributed by atoms with E-state index in [0.29, 0.717) is 5.76 Å². The number of hydrazine groups is 1. The first-order chi connectivity index (χ1) is 5.33. The van der Waals surface area contributed by atoms with Crippen LogP contribution in [0.4, 0.5) is 0 Å². The van der Waals surface area contributed by atoms with Crippen LogP contribution in [-0.2, 0) is 0 Å². The maximum absolute atomic E-state index is 4.98. The van der Waals surface area contributed by atoms with Crippen molar-refractivity contribution in [1.82, 2.24) is 5.43 Å². The zero-order chi connectivity index (χ0) is 8.10. The molecular formula is C6H7N3OS. The normalized spacial score (nSPS) is 10.3. The van der Waals surface area contributed by atoms with Crippen molar-refractivity contribution in [1.29, 1.82) is 0 Å². The second-order valence-electron chi connectivity index (χ2n) is 1.72. The number of thiocarbonyl (C=S) groups is 1. The Morgan fingerprint density at radius 2 is 2.64 bits per heavy atom. The highest BCUT2D eigenvalue weighted by atomic mass is 32.1. The Balaban J connectivity index is 2.55. The number of nitrogens with two attached hydrogens (primary N) is 1. The Morgan fingerprint density at radius 3 is 3.18 bits per heavy atom. The number of hydrogen-bond acceptors (Lipinski definition) is 3. The van der Waals surface area contributed by atoms with Gasteiger partial charge in [-0.05, 0) is 24.4 Å². The van der Waals surface area contributed by atoms with Gasteiger partial charge in [0.25, 0.3) is 0 Å². The van der Waals surface area contributed by atoms with Gasteiger partial charge < -0.3 is 4.42 Å². The van der Waals surface area contributed by atoms with E-state index < -0.39 is 0 Å². The lowest BCUT2D eigenvalue weighted by Crippen LogP contribution is -2.26. The summed E-state index contributed by atoms with van der Waals surface area (Å²) in [5.41, 5.74) is 2.22. The first-order valence-electron chi connectivity index (χ1n) is 2.91. The molecule has 0 bridgehead atoms. The molecule has 0 spiro atoms. The summed E-state index contributed by atoms with van der Waals surface area (Å²) in [4.78, 5) is 3.76. The average molecular weight is 169 g/mol. The van der Waals surface area contributed by atoms with Crippen LogP contribution in [-0.4, -0.2) is 11.3 Å². The summed E-state index contributed by atoms with van der Waals surface area (Å²) in [5, 5.41) is 0.224. The Morgan fingerprint density at radius 1 is 1.82 bits per heavy atom. The van der Waals surface area contributed by atoms with Crippen molar-refractivity contribution in [2.75, 3.05) is 0 Å². The second kappa shape index (κ2) is 3.85. The summed E-state index contributed by atoms with van der Waals surface area (Å²) in [7, 11) is 0. The summed E-state index contributed by atoms with van der Waals surface area (Å²) in [6.07, 6.45) is 3.04. The zero-order valence-corrected chi connectivity index (χ0v) is 6.47. The maximum Gasteiger partial charge on any atom is 0.207 e. The number of rotatable bonds is 1. The SMILES string of the molecule is NNC(=S)N=Cc1ccco1. The van der Waals surface area contributed by atoms with Gasteiger partial charge in [-0.25, -0.2) is 10.8 Å². The van der Waals surface area contributed by atoms with Crippen LogP contribution >= 0.6 is 12.2 Å². The van der Waals surface area contributed by atoms with E-state index in [0.717, 1.165) is 0 Å². The molecule has 0 amide bonds. The molecule has 0 aliphatic carbocycles. The highest BCUT2D eigenvalue weighted by Crippen LogP contribution is 1.94. The first-order valence-corrected chi connectivity index (χ1v) is 3.32. The minimum atomic E-state index is 0.224. The summed E-state index contributed by atoms with van der Waals surface area (Å²) in [6.45, 7) is 0. The molecule has 1 aromatic rings. The zero-order valence-electron chi connectivity index (χ0n) is 5.65. The molecule has 0 radical (unpaired) electrons. The molecule has 0 aliphatic heterocycles. The summed E-state index contributed by atoms with van der Waals surface area (Å²) in [5.74, 6) is 5.62. The fraction of sp³-hybridized carbons (Fsp3) is 0. The minimum Gasteiger partial charge on any atom is -0.463 e. The molecule has 11 heavy (non-hydrogen) atoms. The van der Waals surface area contributed by atoms with Crippen molar-refractivity contribution in [3.63, 3.8) is 0 Å². The number of nitrogens with one attached hydrogen (secondary N) is 1. The van der Waals surface area contributed by atoms with Crippen molar-refractivity contribution in [2.24, 2.45) is 10.8 Å². The summed E-state index contributed by atoms with van der Waals surface area (Å²) < 4.78 is 4.95. The lowest BCUT2D eigenvalue weighted by molar-refractivity contribution is 0.560. The van der Waals surface area contributed by atoms with Gasteiger partial charge in [0.15, 0.2) is 0 Å². The van der Waals surface area contributed by atoms with Gasteiger partial charge in [0, 0.05) is 0 Å². The van der Waals surface area contributed by atoms with Gasteiger partial charge in [0.05, 0.1) is 12.5 Å². The Hall–Kier alpha value is -1.20. The van der Waals surface area contributed by atoms with Gasteiger partial charge in [-0.15, -0.1) is 0 Å². The lowest BCUT2D eigenvalue weighted by Gasteiger charge is -1.90. The standard InChI is InChI=1S/C6H7N3OS/c7-9-6(11)8-4-5-2-1-3-10-5/h1-4H,7H2,(H,9,11). The van der Waals surface area contributed by atoms with E-state index in [-0.39, 0.29) is 5.11 Å². The van der Waals surface area contributed by atoms with E-state index >= 15 is 0 Å². The lowest BCUT2D eigenvalue weighted by atomic mass is 10.5. The predicted octanol–water partition coefficient (Wildman–Crippen LogP) is 0.447. The van der Waals surface area contributed by atoms with Gasteiger partial charge >= 0.3 is 0 Å². The van der Waals surface area contributed by atoms with Crippen LogP contribution in [0.15, 0.2) is 27.8 Å². The molecule has 0 saturated carbocycles. The fourth-order valence-electron chi connectivity index (χ4n) is 0.524. The Bertz CT molecular complexity index is 255. The Labute approximate surface area is 69.1 Å². The van der Waals surface area contributed by atoms with E-state index in [4.69, 9.17) is 10.3 Å². The molecule has 0 aliphatic rings. The smallest absolute Gasteiger partial charge is 0.207 e. The molecule has 1 heterocycles. The van der Waals surface area contributed by atoms with E-state index in [2.05, 4.69) is 22.6 Å². The third-order valence-electron chi connectivity index (χ3n) is 0.976. The van der Waals surface area contributed by atoms with Gasteiger partial charge in [-0.3, -0.25) is 5.43 Å². The molecule has 0 aromatic carbocycles. The van der Waals surface area contributed by atoms with Crippen molar-refractivity contribution in [2.45, 2.75) is 0 Å². The van der Waals surface area contributed by atoms with E-state index in [1.807, 2.05) is 0 Å². The van der Waals surface area contributed by atoms with Crippen molar-refractivity contribution in [3.8, 4) is 0 Å². The second-order valence-corrected chi connectivity index (χ2v) is 2.11. The highest BCUT2D eigenvalue weighted by Gasteiger charge is 1.88. The van der Waals surface area contributed by atoms with Crippen LogP contribution in [0.2, 0.25) is 0 Å². The van der Waals surface area contributed by atoms with Crippen molar-refractivity contribution < 1.29 is 4.42 Å². The van der Waals surface area contributed by atoms with Gasteiger partial charge in [-0.1, -0.05) is 0 Å². The largest absolute Gasteiger partial charge is 0.463 e. The molecule has 0 atom stereocenters. The molecule has 1 rings (SSSR count). The monoisotopic (exact) mass is 169 g/mol. The highest BCUT2D eigenvalue weighted by molar-refractivity contribution is 7.80. The summed E-state index contributed by atoms with van der Waals surface area (Å²) in [6, 6.07) is 3.53. The maximum atomic E-state index is 4.98. The number of furan rings is 1. The third kappa shape index (κ3) is 2.48. The number of nitrogens with zero attached hydrogens (tertiary/aromatic N) is 1. The van der Waals surface area contributed by atoms with E-state index in [9.17, 15) is 0 Å². The van der Waals surface area contributed by atoms with Crippen LogP contribution in [0, 0.1) is 0 Å². The van der Waals surface area contributed by atoms with Gasteiger partial charge in [-0.2, -0.15) is 0 Å². The van der Waals surface area contributed by atoms with Crippen LogP contribution < -0.4 is 11.3 Å². The van der Waals surface area contributed by atoms with Gasteiger partial charge in [0.1, 0.15) is 5.76 Å². The van der Waals surface area contributed by atoms with Gasteiger partial charge in [0.2, 0.25) is 5.11 Å². The average Bonchev–Trinajstić information content (AvgIpc) is 2.52. The van der Waals surface area contributed by atoms with Crippen molar-refractivity contribution >= 4 is 23.5 Å². The molecule has 3 N–H and O–H groups in total. The number of aliphatic imine (C=N–C) groups is 1. The number of hydrogen-bond donors (Lipinski definition) is 2. The van der Waals surface area contributed by atoms with Crippen LogP contribution in [0.3, 0.4) is 0 Å². The molecule has 58 valence electrons. The summed E-state index contributed by atoms with van der Waals surface area (Å²) >= 11 is 4.65. The molecule has 0 unspecified atom stereocenters. The Kier molecular flexibility index (Phi) is 2.76. The van der Waals surface area contributed by atoms with E-state index in [1.165, 1.54) is 6.21 Å². The molecule has 1 aromatic heterocycles. The molecule has 0 fully saturated rings. The third-order valence-corrected chi connectivity index (χ3v) is 1.20. The van der Waals surface area contributed by atoms with Crippen LogP contribution in [0.5, 0.6) is 0 Å². The first kappa shape index (κ1) is 7.90. The van der Waals surface area contributed by atoms with Crippen molar-refractivity contribution in [3.05, 3.63) is 24.2 Å². The predicted molar refractivity (Wildman–Crippen MR) is 46.2 cm³/mol. The fourth-order valence-corrected chi connectivity index (χ4v) is 0.577. The van der Waals surface area contributed by atoms with E-state index in [1.54, 1.807) is 18.4 Å². The molecular weight excluding hydrogens is 162 g/mol. The topological polar surface area (TPSA) is 63.5 Å². The van der Waals surface area contributed by atoms with Crippen LogP contribution in [0.1, 0.15) is 5.76 Å². The minimum absolute atomic E-state index is 0.224. The molecule has 4 nitrogen and oxygen atoms in total.